The molecule has 118 valence electrons. The highest BCUT2D eigenvalue weighted by Crippen LogP contribution is 2.20. The van der Waals surface area contributed by atoms with Gasteiger partial charge in [0.1, 0.15) is 0 Å². The molecule has 0 bridgehead atoms. The lowest BCUT2D eigenvalue weighted by Gasteiger charge is -2.22. The first-order chi connectivity index (χ1) is 11.3. The van der Waals surface area contributed by atoms with Crippen molar-refractivity contribution in [2.45, 2.75) is 38.1 Å². The Morgan fingerprint density at radius 2 is 1.43 bits per heavy atom. The molecule has 0 radical (unpaired) electrons. The lowest BCUT2D eigenvalue weighted by Crippen LogP contribution is -2.36. The Balaban J connectivity index is 1.60. The summed E-state index contributed by atoms with van der Waals surface area (Å²) in [4.78, 5) is 12.2. The van der Waals surface area contributed by atoms with E-state index in [0.29, 0.717) is 11.6 Å². The third-order valence-electron chi connectivity index (χ3n) is 4.11. The highest BCUT2D eigenvalue weighted by molar-refractivity contribution is 5.94. The summed E-state index contributed by atoms with van der Waals surface area (Å²) < 4.78 is 0. The van der Waals surface area contributed by atoms with Gasteiger partial charge in [-0.1, -0.05) is 37.5 Å². The summed E-state index contributed by atoms with van der Waals surface area (Å²) in [7, 11) is 0. The maximum absolute atomic E-state index is 12.2. The van der Waals surface area contributed by atoms with Gasteiger partial charge in [-0.3, -0.25) is 4.79 Å². The van der Waals surface area contributed by atoms with Gasteiger partial charge in [0, 0.05) is 11.6 Å². The number of hydrogen-bond acceptors (Lipinski definition) is 3. The molecule has 0 heterocycles. The van der Waals surface area contributed by atoms with Crippen LogP contribution in [-0.4, -0.2) is 11.9 Å². The van der Waals surface area contributed by atoms with Crippen molar-refractivity contribution >= 4 is 17.3 Å². The Labute approximate surface area is 136 Å². The summed E-state index contributed by atoms with van der Waals surface area (Å²) in [6.07, 6.45) is 5.89. The van der Waals surface area contributed by atoms with Gasteiger partial charge in [-0.25, -0.2) is 0 Å². The quantitative estimate of drug-likeness (QED) is 0.779. The minimum absolute atomic E-state index is 0.00319. The highest BCUT2D eigenvalue weighted by Gasteiger charge is 2.16. The Hall–Kier alpha value is -2.49. The largest absolute Gasteiger partial charge is 0.349 e. The summed E-state index contributed by atoms with van der Waals surface area (Å²) >= 11 is 0. The number of benzene rings is 2. The van der Waals surface area contributed by atoms with Gasteiger partial charge < -0.3 is 5.32 Å². The fourth-order valence-electron chi connectivity index (χ4n) is 2.81. The molecule has 0 unspecified atom stereocenters. The number of rotatable bonds is 4. The molecular formula is C19H21N3O. The smallest absolute Gasteiger partial charge is 0.251 e. The van der Waals surface area contributed by atoms with Crippen molar-refractivity contribution in [3.8, 4) is 0 Å². The van der Waals surface area contributed by atoms with Crippen molar-refractivity contribution in [1.82, 2.24) is 5.32 Å². The SMILES string of the molecule is O=C(NC1CCCCC1)c1ccc(N=Nc2ccccc2)cc1. The van der Waals surface area contributed by atoms with E-state index in [1.807, 2.05) is 42.5 Å². The van der Waals surface area contributed by atoms with Gasteiger partial charge in [0.25, 0.3) is 5.91 Å². The monoisotopic (exact) mass is 307 g/mol. The fraction of sp³-hybridized carbons (Fsp3) is 0.316. The van der Waals surface area contributed by atoms with Crippen LogP contribution in [0.25, 0.3) is 0 Å². The van der Waals surface area contributed by atoms with E-state index < -0.39 is 0 Å². The average molecular weight is 307 g/mol. The second-order valence-electron chi connectivity index (χ2n) is 5.89. The molecular weight excluding hydrogens is 286 g/mol. The summed E-state index contributed by atoms with van der Waals surface area (Å²) in [6, 6.07) is 17.2. The third kappa shape index (κ3) is 4.49. The van der Waals surface area contributed by atoms with Gasteiger partial charge in [0.2, 0.25) is 0 Å². The number of nitrogens with zero attached hydrogens (tertiary/aromatic N) is 2. The molecule has 1 aliphatic rings. The molecule has 23 heavy (non-hydrogen) atoms. The third-order valence-corrected chi connectivity index (χ3v) is 4.11. The zero-order valence-corrected chi connectivity index (χ0v) is 13.1. The molecule has 4 nitrogen and oxygen atoms in total. The van der Waals surface area contributed by atoms with Crippen LogP contribution in [0.3, 0.4) is 0 Å². The Kier molecular flexibility index (Phi) is 5.14. The Bertz CT molecular complexity index is 659. The van der Waals surface area contributed by atoms with Crippen molar-refractivity contribution in [1.29, 1.82) is 0 Å². The van der Waals surface area contributed by atoms with E-state index in [0.717, 1.165) is 24.2 Å². The van der Waals surface area contributed by atoms with Gasteiger partial charge in [-0.15, -0.1) is 0 Å². The second kappa shape index (κ2) is 7.68. The molecule has 0 saturated heterocycles. The lowest BCUT2D eigenvalue weighted by atomic mass is 9.95. The van der Waals surface area contributed by atoms with Crippen LogP contribution in [-0.2, 0) is 0 Å². The maximum Gasteiger partial charge on any atom is 0.251 e. The van der Waals surface area contributed by atoms with E-state index >= 15 is 0 Å². The Morgan fingerprint density at radius 3 is 2.09 bits per heavy atom. The number of carbonyl (C=O) groups is 1. The standard InChI is InChI=1S/C19H21N3O/c23-19(20-16-7-3-1-4-8-16)15-11-13-18(14-12-15)22-21-17-9-5-2-6-10-17/h2,5-6,9-14,16H,1,3-4,7-8H2,(H,20,23). The van der Waals surface area contributed by atoms with Crippen LogP contribution in [0.5, 0.6) is 0 Å². The lowest BCUT2D eigenvalue weighted by molar-refractivity contribution is 0.0928. The normalized spacial score (nSPS) is 15.7. The number of azo groups is 1. The molecule has 2 aromatic carbocycles. The van der Waals surface area contributed by atoms with Gasteiger partial charge in [-0.05, 0) is 49.2 Å². The van der Waals surface area contributed by atoms with Gasteiger partial charge in [0.05, 0.1) is 11.4 Å². The minimum Gasteiger partial charge on any atom is -0.349 e. The predicted molar refractivity (Wildman–Crippen MR) is 91.4 cm³/mol. The van der Waals surface area contributed by atoms with Crippen LogP contribution >= 0.6 is 0 Å². The predicted octanol–water partition coefficient (Wildman–Crippen LogP) is 5.16. The summed E-state index contributed by atoms with van der Waals surface area (Å²) in [5.74, 6) is 0.00319. The number of nitrogens with one attached hydrogen (secondary N) is 1. The fourth-order valence-corrected chi connectivity index (χ4v) is 2.81. The molecule has 1 amide bonds. The van der Waals surface area contributed by atoms with Crippen LogP contribution in [0.15, 0.2) is 64.8 Å². The number of hydrogen-bond donors (Lipinski definition) is 1. The molecule has 1 saturated carbocycles. The molecule has 1 aliphatic carbocycles. The molecule has 0 aromatic heterocycles. The van der Waals surface area contributed by atoms with E-state index in [1.54, 1.807) is 12.1 Å². The molecule has 4 heteroatoms. The van der Waals surface area contributed by atoms with Crippen LogP contribution in [0.2, 0.25) is 0 Å². The van der Waals surface area contributed by atoms with E-state index in [2.05, 4.69) is 15.5 Å². The highest BCUT2D eigenvalue weighted by atomic mass is 16.1. The topological polar surface area (TPSA) is 53.8 Å². The van der Waals surface area contributed by atoms with E-state index in [1.165, 1.54) is 19.3 Å². The van der Waals surface area contributed by atoms with Crippen LogP contribution in [0.4, 0.5) is 11.4 Å². The second-order valence-corrected chi connectivity index (χ2v) is 5.89. The van der Waals surface area contributed by atoms with Crippen molar-refractivity contribution in [3.63, 3.8) is 0 Å². The zero-order chi connectivity index (χ0) is 15.9. The van der Waals surface area contributed by atoms with E-state index in [9.17, 15) is 4.79 Å². The molecule has 0 aliphatic heterocycles. The summed E-state index contributed by atoms with van der Waals surface area (Å²) in [6.45, 7) is 0. The summed E-state index contributed by atoms with van der Waals surface area (Å²) in [5.41, 5.74) is 2.23. The molecule has 3 rings (SSSR count). The van der Waals surface area contributed by atoms with Gasteiger partial charge in [-0.2, -0.15) is 10.2 Å². The van der Waals surface area contributed by atoms with Crippen LogP contribution in [0, 0.1) is 0 Å². The zero-order valence-electron chi connectivity index (χ0n) is 13.1. The molecule has 1 fully saturated rings. The maximum atomic E-state index is 12.2. The molecule has 2 aromatic rings. The van der Waals surface area contributed by atoms with Crippen molar-refractivity contribution < 1.29 is 4.79 Å². The molecule has 1 N–H and O–H groups in total. The summed E-state index contributed by atoms with van der Waals surface area (Å²) in [5, 5.41) is 11.5. The van der Waals surface area contributed by atoms with E-state index in [4.69, 9.17) is 0 Å². The van der Waals surface area contributed by atoms with Crippen molar-refractivity contribution in [2.75, 3.05) is 0 Å². The first kappa shape index (κ1) is 15.4. The Morgan fingerprint density at radius 1 is 0.826 bits per heavy atom. The molecule has 0 spiro atoms. The number of carbonyl (C=O) groups excluding carboxylic acids is 1. The first-order valence-corrected chi connectivity index (χ1v) is 8.19. The van der Waals surface area contributed by atoms with Crippen LogP contribution < -0.4 is 5.32 Å². The van der Waals surface area contributed by atoms with Crippen molar-refractivity contribution in [2.24, 2.45) is 10.2 Å². The van der Waals surface area contributed by atoms with Crippen molar-refractivity contribution in [3.05, 3.63) is 60.2 Å². The van der Waals surface area contributed by atoms with Crippen LogP contribution in [0.1, 0.15) is 42.5 Å². The van der Waals surface area contributed by atoms with Gasteiger partial charge >= 0.3 is 0 Å². The average Bonchev–Trinajstić information content (AvgIpc) is 2.62. The minimum atomic E-state index is 0.00319. The van der Waals surface area contributed by atoms with Gasteiger partial charge in [0.15, 0.2) is 0 Å². The number of amides is 1. The molecule has 0 atom stereocenters. The van der Waals surface area contributed by atoms with E-state index in [-0.39, 0.29) is 5.91 Å². The first-order valence-electron chi connectivity index (χ1n) is 8.19.